The number of rotatable bonds is 3. The van der Waals surface area contributed by atoms with Crippen LogP contribution in [0.5, 0.6) is 0 Å². The molecular formula is C18H17NO2. The Kier molecular flexibility index (Phi) is 2.66. The maximum atomic E-state index is 11.4. The number of carbonyl (C=O) groups excluding carboxylic acids is 1. The molecule has 1 heterocycles. The third-order valence-corrected chi connectivity index (χ3v) is 4.73. The van der Waals surface area contributed by atoms with Gasteiger partial charge in [0.2, 0.25) is 5.91 Å². The van der Waals surface area contributed by atoms with Crippen LogP contribution in [0.3, 0.4) is 0 Å². The molecule has 0 radical (unpaired) electrons. The summed E-state index contributed by atoms with van der Waals surface area (Å²) < 4.78 is 0. The van der Waals surface area contributed by atoms with Crippen molar-refractivity contribution in [1.82, 2.24) is 0 Å². The van der Waals surface area contributed by atoms with Gasteiger partial charge in [0.1, 0.15) is 0 Å². The van der Waals surface area contributed by atoms with Gasteiger partial charge in [0.05, 0.1) is 12.5 Å². The van der Waals surface area contributed by atoms with Crippen LogP contribution in [0.15, 0.2) is 48.5 Å². The number of anilines is 1. The van der Waals surface area contributed by atoms with Gasteiger partial charge >= 0.3 is 0 Å². The van der Waals surface area contributed by atoms with Crippen LogP contribution >= 0.6 is 0 Å². The summed E-state index contributed by atoms with van der Waals surface area (Å²) >= 11 is 0. The number of benzene rings is 2. The first-order valence-corrected chi connectivity index (χ1v) is 7.35. The zero-order valence-corrected chi connectivity index (χ0v) is 11.7. The Morgan fingerprint density at radius 1 is 1.10 bits per heavy atom. The normalized spacial score (nSPS) is 19.8. The summed E-state index contributed by atoms with van der Waals surface area (Å²) in [7, 11) is 0. The van der Waals surface area contributed by atoms with E-state index in [0.717, 1.165) is 29.7 Å². The second-order valence-electron chi connectivity index (χ2n) is 6.07. The van der Waals surface area contributed by atoms with Gasteiger partial charge in [-0.05, 0) is 35.6 Å². The second kappa shape index (κ2) is 4.43. The zero-order chi connectivity index (χ0) is 14.4. The molecule has 2 aromatic rings. The number of fused-ring (bicyclic) bond motifs is 1. The fourth-order valence-corrected chi connectivity index (χ4v) is 3.36. The van der Waals surface area contributed by atoms with Crippen molar-refractivity contribution in [3.05, 3.63) is 65.2 Å². The second-order valence-corrected chi connectivity index (χ2v) is 6.07. The maximum absolute atomic E-state index is 11.4. The molecule has 1 atom stereocenters. The summed E-state index contributed by atoms with van der Waals surface area (Å²) in [6, 6.07) is 16.0. The lowest BCUT2D eigenvalue weighted by molar-refractivity contribution is -0.115. The van der Waals surface area contributed by atoms with Crippen LogP contribution in [0.4, 0.5) is 5.69 Å². The Morgan fingerprint density at radius 3 is 2.57 bits per heavy atom. The predicted octanol–water partition coefficient (Wildman–Crippen LogP) is 2.95. The smallest absolute Gasteiger partial charge is 0.228 e. The van der Waals surface area contributed by atoms with E-state index in [-0.39, 0.29) is 11.3 Å². The minimum absolute atomic E-state index is 0.0286. The van der Waals surface area contributed by atoms with Crippen LogP contribution in [-0.2, 0) is 16.6 Å². The molecule has 2 aliphatic rings. The molecule has 1 aliphatic heterocycles. The van der Waals surface area contributed by atoms with Gasteiger partial charge < -0.3 is 10.4 Å². The van der Waals surface area contributed by atoms with Crippen LogP contribution in [-0.4, -0.2) is 11.0 Å². The average Bonchev–Trinajstić information content (AvgIpc) is 3.23. The van der Waals surface area contributed by atoms with Crippen LogP contribution in [0.25, 0.3) is 0 Å². The minimum Gasteiger partial charge on any atom is -0.387 e. The number of hydrogen-bond donors (Lipinski definition) is 2. The Morgan fingerprint density at radius 2 is 1.86 bits per heavy atom. The summed E-state index contributed by atoms with van der Waals surface area (Å²) in [5.41, 5.74) is 3.82. The van der Waals surface area contributed by atoms with Gasteiger partial charge in [-0.25, -0.2) is 0 Å². The van der Waals surface area contributed by atoms with Crippen molar-refractivity contribution < 1.29 is 9.90 Å². The number of hydrogen-bond acceptors (Lipinski definition) is 2. The molecule has 0 bridgehead atoms. The third-order valence-electron chi connectivity index (χ3n) is 4.73. The van der Waals surface area contributed by atoms with E-state index in [1.165, 1.54) is 5.56 Å². The molecule has 0 aromatic heterocycles. The summed E-state index contributed by atoms with van der Waals surface area (Å²) in [5.74, 6) is 0.0286. The molecule has 2 aromatic carbocycles. The molecule has 1 aliphatic carbocycles. The van der Waals surface area contributed by atoms with Gasteiger partial charge in [-0.15, -0.1) is 0 Å². The van der Waals surface area contributed by atoms with Gasteiger partial charge in [-0.2, -0.15) is 0 Å². The van der Waals surface area contributed by atoms with E-state index >= 15 is 0 Å². The van der Waals surface area contributed by atoms with Crippen molar-refractivity contribution in [2.45, 2.75) is 30.8 Å². The van der Waals surface area contributed by atoms with Crippen LogP contribution < -0.4 is 5.32 Å². The van der Waals surface area contributed by atoms with Crippen molar-refractivity contribution >= 4 is 11.6 Å². The molecule has 3 nitrogen and oxygen atoms in total. The predicted molar refractivity (Wildman–Crippen MR) is 81.1 cm³/mol. The Hall–Kier alpha value is -2.13. The van der Waals surface area contributed by atoms with Crippen molar-refractivity contribution in [2.75, 3.05) is 5.32 Å². The van der Waals surface area contributed by atoms with Gasteiger partial charge in [0.15, 0.2) is 0 Å². The first kappa shape index (κ1) is 12.6. The molecule has 2 N–H and O–H groups in total. The lowest BCUT2D eigenvalue weighted by Gasteiger charge is -2.23. The number of aliphatic hydroxyl groups is 1. The largest absolute Gasteiger partial charge is 0.387 e. The van der Waals surface area contributed by atoms with E-state index in [1.807, 2.05) is 36.4 Å². The summed E-state index contributed by atoms with van der Waals surface area (Å²) in [6.07, 6.45) is 1.91. The zero-order valence-electron chi connectivity index (χ0n) is 11.7. The summed E-state index contributed by atoms with van der Waals surface area (Å²) in [5, 5.41) is 13.7. The highest BCUT2D eigenvalue weighted by molar-refractivity contribution is 5.99. The van der Waals surface area contributed by atoms with Gasteiger partial charge in [0, 0.05) is 11.1 Å². The Labute approximate surface area is 123 Å². The highest BCUT2D eigenvalue weighted by atomic mass is 16.3. The Bertz CT molecular complexity index is 704. The molecule has 1 unspecified atom stereocenters. The quantitative estimate of drug-likeness (QED) is 0.907. The fraction of sp³-hybridized carbons (Fsp3) is 0.278. The lowest BCUT2D eigenvalue weighted by Crippen LogP contribution is -2.18. The third kappa shape index (κ3) is 1.96. The molecule has 1 saturated carbocycles. The lowest BCUT2D eigenvalue weighted by atomic mass is 9.85. The van der Waals surface area contributed by atoms with Crippen LogP contribution in [0.2, 0.25) is 0 Å². The topological polar surface area (TPSA) is 49.3 Å². The van der Waals surface area contributed by atoms with Crippen molar-refractivity contribution in [1.29, 1.82) is 0 Å². The average molecular weight is 279 g/mol. The van der Waals surface area contributed by atoms with Crippen molar-refractivity contribution in [3.8, 4) is 0 Å². The fourth-order valence-electron chi connectivity index (χ4n) is 3.36. The van der Waals surface area contributed by atoms with E-state index in [0.29, 0.717) is 6.42 Å². The van der Waals surface area contributed by atoms with Crippen molar-refractivity contribution in [3.63, 3.8) is 0 Å². The highest BCUT2D eigenvalue weighted by Crippen LogP contribution is 2.56. The Balaban J connectivity index is 1.68. The number of aliphatic hydroxyl groups excluding tert-OH is 1. The van der Waals surface area contributed by atoms with E-state index in [2.05, 4.69) is 17.4 Å². The molecule has 0 saturated heterocycles. The molecule has 21 heavy (non-hydrogen) atoms. The molecule has 1 fully saturated rings. The molecular weight excluding hydrogens is 262 g/mol. The van der Waals surface area contributed by atoms with Gasteiger partial charge in [-0.1, -0.05) is 42.5 Å². The highest BCUT2D eigenvalue weighted by Gasteiger charge is 2.50. The molecule has 106 valence electrons. The van der Waals surface area contributed by atoms with Crippen LogP contribution in [0.1, 0.15) is 35.6 Å². The van der Waals surface area contributed by atoms with Crippen molar-refractivity contribution in [2.24, 2.45) is 0 Å². The van der Waals surface area contributed by atoms with Gasteiger partial charge in [0.25, 0.3) is 0 Å². The summed E-state index contributed by atoms with van der Waals surface area (Å²) in [6.45, 7) is 0. The number of amides is 1. The molecule has 3 heteroatoms. The van der Waals surface area contributed by atoms with Crippen LogP contribution in [0, 0.1) is 0 Å². The van der Waals surface area contributed by atoms with E-state index in [1.54, 1.807) is 0 Å². The van der Waals surface area contributed by atoms with E-state index < -0.39 is 6.10 Å². The SMILES string of the molecule is O=C1Cc2cc(C(O)C3(c4ccccc4)CC3)ccc2N1. The van der Waals surface area contributed by atoms with E-state index in [9.17, 15) is 9.90 Å². The number of carbonyl (C=O) groups is 1. The number of nitrogens with one attached hydrogen (secondary N) is 1. The monoisotopic (exact) mass is 279 g/mol. The molecule has 4 rings (SSSR count). The summed E-state index contributed by atoms with van der Waals surface area (Å²) in [4.78, 5) is 11.4. The molecule has 0 spiro atoms. The standard InChI is InChI=1S/C18H17NO2/c20-16-11-13-10-12(6-7-15(13)19-16)17(21)18(8-9-18)14-4-2-1-3-5-14/h1-7,10,17,21H,8-9,11H2,(H,19,20). The van der Waals surface area contributed by atoms with E-state index in [4.69, 9.17) is 0 Å². The molecule has 1 amide bonds. The minimum atomic E-state index is -0.513. The first-order chi connectivity index (χ1) is 10.2. The maximum Gasteiger partial charge on any atom is 0.228 e. The van der Waals surface area contributed by atoms with Gasteiger partial charge in [-0.3, -0.25) is 4.79 Å². The first-order valence-electron chi connectivity index (χ1n) is 7.35.